The van der Waals surface area contributed by atoms with Crippen molar-refractivity contribution in [2.24, 2.45) is 11.8 Å². The van der Waals surface area contributed by atoms with Crippen LogP contribution < -0.4 is 0 Å². The second kappa shape index (κ2) is 9.77. The summed E-state index contributed by atoms with van der Waals surface area (Å²) < 4.78 is 13.8. The number of fused-ring (bicyclic) bond motifs is 4. The largest absolute Gasteiger partial charge is 0.483 e. The molecule has 7 nitrogen and oxygen atoms in total. The molecule has 2 aromatic rings. The number of nitrogens with one attached hydrogen (secondary N) is 1. The van der Waals surface area contributed by atoms with Crippen LogP contribution in [0.15, 0.2) is 36.5 Å². The van der Waals surface area contributed by atoms with Gasteiger partial charge in [-0.05, 0) is 68.2 Å². The normalized spacial score (nSPS) is 26.2. The first kappa shape index (κ1) is 23.0. The number of rotatable bonds is 3. The summed E-state index contributed by atoms with van der Waals surface area (Å²) in [5, 5.41) is 6.89. The molecular formula is C25H30FN3O4. The molecule has 5 rings (SSSR count). The molecule has 3 saturated heterocycles. The van der Waals surface area contributed by atoms with Gasteiger partial charge in [-0.15, -0.1) is 0 Å². The summed E-state index contributed by atoms with van der Waals surface area (Å²) in [7, 11) is 0. The molecule has 8 heteroatoms. The van der Waals surface area contributed by atoms with Gasteiger partial charge in [0, 0.05) is 43.5 Å². The summed E-state index contributed by atoms with van der Waals surface area (Å²) in [6.45, 7) is 3.03. The number of aryl methyl sites for hydroxylation is 1. The molecular weight excluding hydrogens is 425 g/mol. The zero-order chi connectivity index (χ0) is 23.5. The van der Waals surface area contributed by atoms with Crippen LogP contribution in [0.5, 0.6) is 0 Å². The van der Waals surface area contributed by atoms with Crippen molar-refractivity contribution >= 4 is 18.3 Å². The van der Waals surface area contributed by atoms with E-state index in [9.17, 15) is 14.0 Å². The fourth-order valence-corrected chi connectivity index (χ4v) is 5.96. The van der Waals surface area contributed by atoms with Gasteiger partial charge < -0.3 is 19.9 Å². The zero-order valence-corrected chi connectivity index (χ0v) is 18.7. The number of piperidine rings is 3. The highest BCUT2D eigenvalue weighted by Crippen LogP contribution is 2.43. The molecule has 0 spiro atoms. The molecule has 0 aliphatic carbocycles. The summed E-state index contributed by atoms with van der Waals surface area (Å²) in [4.78, 5) is 41.7. The zero-order valence-electron chi connectivity index (χ0n) is 18.7. The van der Waals surface area contributed by atoms with E-state index in [1.165, 1.54) is 6.07 Å². The minimum absolute atomic E-state index is 0.0174. The Balaban J connectivity index is 0.000000821. The third-order valence-corrected chi connectivity index (χ3v) is 7.30. The van der Waals surface area contributed by atoms with Gasteiger partial charge in [-0.3, -0.25) is 14.4 Å². The van der Waals surface area contributed by atoms with Gasteiger partial charge in [-0.1, -0.05) is 12.1 Å². The van der Waals surface area contributed by atoms with Crippen molar-refractivity contribution < 1.29 is 23.9 Å². The SMILES string of the molecule is Cc1[nH]ccc1C(=O)N1C[C@H]2C[C@@H](C1)[C@H](Cc1cccc(F)c1)N1C(=O)CCC[C@@H]21.O=CO. The Morgan fingerprint density at radius 2 is 2.03 bits per heavy atom. The fraction of sp³-hybridized carbons (Fsp3) is 0.480. The quantitative estimate of drug-likeness (QED) is 0.695. The fourth-order valence-electron chi connectivity index (χ4n) is 5.96. The lowest BCUT2D eigenvalue weighted by Gasteiger charge is -2.56. The van der Waals surface area contributed by atoms with Gasteiger partial charge in [-0.25, -0.2) is 4.39 Å². The number of hydrogen-bond acceptors (Lipinski definition) is 3. The molecule has 2 amide bonds. The number of benzene rings is 1. The summed E-state index contributed by atoms with van der Waals surface area (Å²) in [5.41, 5.74) is 2.54. The van der Waals surface area contributed by atoms with Crippen molar-refractivity contribution in [3.05, 3.63) is 59.2 Å². The number of nitrogens with zero attached hydrogens (tertiary/aromatic N) is 2. The summed E-state index contributed by atoms with van der Waals surface area (Å²) in [6, 6.07) is 8.75. The monoisotopic (exact) mass is 455 g/mol. The first-order valence-corrected chi connectivity index (χ1v) is 11.5. The number of H-pyrrole nitrogens is 1. The second-order valence-corrected chi connectivity index (χ2v) is 9.25. The van der Waals surface area contributed by atoms with Gasteiger partial charge in [0.2, 0.25) is 5.91 Å². The minimum atomic E-state index is -0.250. The molecule has 4 heterocycles. The molecule has 2 bridgehead atoms. The Hall–Kier alpha value is -3.16. The molecule has 33 heavy (non-hydrogen) atoms. The van der Waals surface area contributed by atoms with E-state index < -0.39 is 0 Å². The first-order chi connectivity index (χ1) is 15.9. The van der Waals surface area contributed by atoms with Crippen molar-refractivity contribution in [3.63, 3.8) is 0 Å². The van der Waals surface area contributed by atoms with Crippen molar-refractivity contribution in [1.29, 1.82) is 0 Å². The highest BCUT2D eigenvalue weighted by atomic mass is 19.1. The average molecular weight is 456 g/mol. The van der Waals surface area contributed by atoms with Gasteiger partial charge >= 0.3 is 0 Å². The number of halogens is 1. The Morgan fingerprint density at radius 3 is 2.73 bits per heavy atom. The van der Waals surface area contributed by atoms with E-state index in [1.54, 1.807) is 12.1 Å². The van der Waals surface area contributed by atoms with Crippen LogP contribution >= 0.6 is 0 Å². The van der Waals surface area contributed by atoms with Gasteiger partial charge in [-0.2, -0.15) is 0 Å². The Labute approximate surface area is 192 Å². The molecule has 1 aromatic carbocycles. The molecule has 3 fully saturated rings. The number of aromatic amines is 1. The predicted octanol–water partition coefficient (Wildman–Crippen LogP) is 3.25. The smallest absolute Gasteiger partial charge is 0.290 e. The van der Waals surface area contributed by atoms with E-state index in [1.807, 2.05) is 30.2 Å². The van der Waals surface area contributed by atoms with Crippen LogP contribution in [-0.4, -0.2) is 63.4 Å². The van der Waals surface area contributed by atoms with Gasteiger partial charge in [0.05, 0.1) is 5.56 Å². The lowest BCUT2D eigenvalue weighted by Crippen LogP contribution is -2.66. The van der Waals surface area contributed by atoms with Crippen LogP contribution in [0.1, 0.15) is 47.3 Å². The third kappa shape index (κ3) is 4.65. The average Bonchev–Trinajstić information content (AvgIpc) is 3.22. The van der Waals surface area contributed by atoms with E-state index in [0.29, 0.717) is 31.8 Å². The predicted molar refractivity (Wildman–Crippen MR) is 120 cm³/mol. The van der Waals surface area contributed by atoms with Gasteiger partial charge in [0.15, 0.2) is 0 Å². The van der Waals surface area contributed by atoms with Crippen LogP contribution in [0.25, 0.3) is 0 Å². The number of likely N-dealkylation sites (tertiary alicyclic amines) is 1. The highest BCUT2D eigenvalue weighted by Gasteiger charge is 2.50. The van der Waals surface area contributed by atoms with E-state index >= 15 is 0 Å². The number of aromatic nitrogens is 1. The molecule has 176 valence electrons. The number of amides is 2. The van der Waals surface area contributed by atoms with Crippen LogP contribution in [0.4, 0.5) is 4.39 Å². The molecule has 2 N–H and O–H groups in total. The maximum atomic E-state index is 13.8. The number of hydrogen-bond donors (Lipinski definition) is 2. The van der Waals surface area contributed by atoms with Crippen LogP contribution in [-0.2, 0) is 16.0 Å². The van der Waals surface area contributed by atoms with Gasteiger partial charge in [0.25, 0.3) is 12.4 Å². The van der Waals surface area contributed by atoms with E-state index in [4.69, 9.17) is 9.90 Å². The lowest BCUT2D eigenvalue weighted by molar-refractivity contribution is -0.151. The van der Waals surface area contributed by atoms with E-state index in [0.717, 1.165) is 36.1 Å². The number of carbonyl (C=O) groups is 3. The number of carboxylic acid groups (broad SMARTS) is 1. The van der Waals surface area contributed by atoms with Crippen LogP contribution in [0, 0.1) is 24.6 Å². The summed E-state index contributed by atoms with van der Waals surface area (Å²) in [6.07, 6.45) is 5.99. The maximum Gasteiger partial charge on any atom is 0.290 e. The summed E-state index contributed by atoms with van der Waals surface area (Å²) >= 11 is 0. The second-order valence-electron chi connectivity index (χ2n) is 9.25. The molecule has 1 aromatic heterocycles. The van der Waals surface area contributed by atoms with Crippen molar-refractivity contribution in [2.45, 2.75) is 51.1 Å². The number of carbonyl (C=O) groups excluding carboxylic acids is 2. The molecule has 0 radical (unpaired) electrons. The molecule has 0 saturated carbocycles. The standard InChI is InChI=1S/C24H28FN3O2.CH2O2/c1-15-20(8-9-26-15)24(30)27-13-17-12-18(14-27)22(11-16-4-2-5-19(25)10-16)28-21(17)6-3-7-23(28)29;2-1-3/h2,4-5,8-10,17-18,21-22,26H,3,6-7,11-14H2,1H3;1H,(H,2,3)/t17-,18+,21+,22+;/m1./s1. The van der Waals surface area contributed by atoms with E-state index in [-0.39, 0.29) is 42.1 Å². The molecule has 3 aliphatic rings. The Kier molecular flexibility index (Phi) is 6.81. The maximum absolute atomic E-state index is 13.8. The Bertz CT molecular complexity index is 1020. The molecule has 0 unspecified atom stereocenters. The molecule has 4 atom stereocenters. The Morgan fingerprint density at radius 1 is 1.27 bits per heavy atom. The minimum Gasteiger partial charge on any atom is -0.483 e. The van der Waals surface area contributed by atoms with Crippen molar-refractivity contribution in [1.82, 2.24) is 14.8 Å². The third-order valence-electron chi connectivity index (χ3n) is 7.30. The van der Waals surface area contributed by atoms with E-state index in [2.05, 4.69) is 9.88 Å². The first-order valence-electron chi connectivity index (χ1n) is 11.5. The summed E-state index contributed by atoms with van der Waals surface area (Å²) in [5.74, 6) is 0.590. The van der Waals surface area contributed by atoms with Crippen molar-refractivity contribution in [3.8, 4) is 0 Å². The highest BCUT2D eigenvalue weighted by molar-refractivity contribution is 5.95. The molecule has 3 aliphatic heterocycles. The van der Waals surface area contributed by atoms with Crippen LogP contribution in [0.2, 0.25) is 0 Å². The van der Waals surface area contributed by atoms with Gasteiger partial charge in [0.1, 0.15) is 5.82 Å². The van der Waals surface area contributed by atoms with Crippen LogP contribution in [0.3, 0.4) is 0 Å². The van der Waals surface area contributed by atoms with Crippen molar-refractivity contribution in [2.75, 3.05) is 13.1 Å². The topological polar surface area (TPSA) is 93.7 Å². The lowest BCUT2D eigenvalue weighted by atomic mass is 9.70.